The van der Waals surface area contributed by atoms with Gasteiger partial charge in [0, 0.05) is 13.1 Å². The minimum absolute atomic E-state index is 0.0251. The van der Waals surface area contributed by atoms with Crippen LogP contribution in [0.15, 0.2) is 11.5 Å². The number of aliphatic hydroxyl groups excluding tert-OH is 1. The summed E-state index contributed by atoms with van der Waals surface area (Å²) >= 11 is 1.44. The van der Waals surface area contributed by atoms with Gasteiger partial charge < -0.3 is 15.4 Å². The van der Waals surface area contributed by atoms with Crippen LogP contribution in [0.25, 0.3) is 0 Å². The fourth-order valence-corrected chi connectivity index (χ4v) is 1.69. The van der Waals surface area contributed by atoms with Crippen molar-refractivity contribution in [1.29, 1.82) is 0 Å². The minimum atomic E-state index is -0.0632. The maximum Gasteiger partial charge on any atom is 0.191 e. The second-order valence-electron chi connectivity index (χ2n) is 2.92. The summed E-state index contributed by atoms with van der Waals surface area (Å²) in [5, 5.41) is 17.4. The first-order chi connectivity index (χ1) is 6.15. The van der Waals surface area contributed by atoms with E-state index in [0.717, 1.165) is 5.16 Å². The molecule has 0 saturated heterocycles. The SMILES string of the molecule is CC(N)C(CO)Sc1nncn1C. The first-order valence-electron chi connectivity index (χ1n) is 4.02. The van der Waals surface area contributed by atoms with Gasteiger partial charge in [0.2, 0.25) is 0 Å². The number of nitrogens with zero attached hydrogens (tertiary/aromatic N) is 3. The van der Waals surface area contributed by atoms with Crippen LogP contribution in [0.1, 0.15) is 6.92 Å². The molecular formula is C7H14N4OS. The number of hydrogen-bond donors (Lipinski definition) is 2. The summed E-state index contributed by atoms with van der Waals surface area (Å²) in [5.41, 5.74) is 5.68. The van der Waals surface area contributed by atoms with Crippen molar-refractivity contribution in [2.45, 2.75) is 23.4 Å². The molecule has 2 unspecified atom stereocenters. The predicted molar refractivity (Wildman–Crippen MR) is 51.4 cm³/mol. The van der Waals surface area contributed by atoms with E-state index in [1.807, 2.05) is 14.0 Å². The van der Waals surface area contributed by atoms with Crippen molar-refractivity contribution in [2.75, 3.05) is 6.61 Å². The van der Waals surface area contributed by atoms with E-state index < -0.39 is 0 Å². The molecule has 1 heterocycles. The number of thioether (sulfide) groups is 1. The van der Waals surface area contributed by atoms with Crippen LogP contribution < -0.4 is 5.73 Å². The van der Waals surface area contributed by atoms with Crippen molar-refractivity contribution >= 4 is 11.8 Å². The lowest BCUT2D eigenvalue weighted by atomic mass is 10.3. The second kappa shape index (κ2) is 4.59. The van der Waals surface area contributed by atoms with E-state index in [4.69, 9.17) is 10.8 Å². The minimum Gasteiger partial charge on any atom is -0.395 e. The van der Waals surface area contributed by atoms with Crippen molar-refractivity contribution in [3.05, 3.63) is 6.33 Å². The number of hydrogen-bond acceptors (Lipinski definition) is 5. The number of rotatable bonds is 4. The molecule has 0 aliphatic rings. The van der Waals surface area contributed by atoms with Crippen molar-refractivity contribution in [3.63, 3.8) is 0 Å². The lowest BCUT2D eigenvalue weighted by Gasteiger charge is -2.16. The molecule has 2 atom stereocenters. The van der Waals surface area contributed by atoms with Crippen molar-refractivity contribution < 1.29 is 5.11 Å². The van der Waals surface area contributed by atoms with Crippen LogP contribution in [0.3, 0.4) is 0 Å². The molecule has 5 nitrogen and oxygen atoms in total. The van der Waals surface area contributed by atoms with Crippen molar-refractivity contribution in [2.24, 2.45) is 12.8 Å². The molecule has 0 saturated carbocycles. The third-order valence-corrected chi connectivity index (χ3v) is 3.15. The highest BCUT2D eigenvalue weighted by Crippen LogP contribution is 2.21. The third-order valence-electron chi connectivity index (χ3n) is 1.69. The fourth-order valence-electron chi connectivity index (χ4n) is 0.826. The largest absolute Gasteiger partial charge is 0.395 e. The van der Waals surface area contributed by atoms with Gasteiger partial charge in [-0.2, -0.15) is 0 Å². The maximum atomic E-state index is 9.03. The topological polar surface area (TPSA) is 77.0 Å². The van der Waals surface area contributed by atoms with Crippen LogP contribution in [0.5, 0.6) is 0 Å². The van der Waals surface area contributed by atoms with E-state index in [-0.39, 0.29) is 17.9 Å². The number of aromatic nitrogens is 3. The molecule has 0 aromatic carbocycles. The van der Waals surface area contributed by atoms with Gasteiger partial charge in [0.05, 0.1) is 11.9 Å². The first kappa shape index (κ1) is 10.5. The zero-order valence-corrected chi connectivity index (χ0v) is 8.53. The Bertz CT molecular complexity index is 263. The van der Waals surface area contributed by atoms with Gasteiger partial charge in [-0.25, -0.2) is 0 Å². The monoisotopic (exact) mass is 202 g/mol. The van der Waals surface area contributed by atoms with Crippen LogP contribution in [0, 0.1) is 0 Å². The molecule has 0 radical (unpaired) electrons. The average molecular weight is 202 g/mol. The van der Waals surface area contributed by atoms with Crippen LogP contribution >= 0.6 is 11.8 Å². The Balaban J connectivity index is 2.62. The van der Waals surface area contributed by atoms with E-state index in [1.54, 1.807) is 10.9 Å². The summed E-state index contributed by atoms with van der Waals surface area (Å²) in [6.07, 6.45) is 1.62. The lowest BCUT2D eigenvalue weighted by molar-refractivity contribution is 0.285. The molecule has 74 valence electrons. The van der Waals surface area contributed by atoms with Crippen LogP contribution in [0.4, 0.5) is 0 Å². The third kappa shape index (κ3) is 2.68. The number of nitrogens with two attached hydrogens (primary N) is 1. The van der Waals surface area contributed by atoms with E-state index in [0.29, 0.717) is 0 Å². The Morgan fingerprint density at radius 3 is 2.85 bits per heavy atom. The fraction of sp³-hybridized carbons (Fsp3) is 0.714. The van der Waals surface area contributed by atoms with Gasteiger partial charge >= 0.3 is 0 Å². The molecule has 0 aliphatic carbocycles. The van der Waals surface area contributed by atoms with Gasteiger partial charge in [0.15, 0.2) is 5.16 Å². The van der Waals surface area contributed by atoms with E-state index >= 15 is 0 Å². The highest BCUT2D eigenvalue weighted by atomic mass is 32.2. The summed E-state index contributed by atoms with van der Waals surface area (Å²) in [5.74, 6) is 0. The Kier molecular flexibility index (Phi) is 3.71. The van der Waals surface area contributed by atoms with Gasteiger partial charge in [-0.1, -0.05) is 11.8 Å². The molecule has 0 aliphatic heterocycles. The summed E-state index contributed by atoms with van der Waals surface area (Å²) in [7, 11) is 1.86. The van der Waals surface area contributed by atoms with Crippen LogP contribution in [-0.2, 0) is 7.05 Å². The van der Waals surface area contributed by atoms with Crippen molar-refractivity contribution in [1.82, 2.24) is 14.8 Å². The number of aryl methyl sites for hydroxylation is 1. The zero-order chi connectivity index (χ0) is 9.84. The van der Waals surface area contributed by atoms with Crippen molar-refractivity contribution in [3.8, 4) is 0 Å². The van der Waals surface area contributed by atoms with Gasteiger partial charge in [0.25, 0.3) is 0 Å². The summed E-state index contributed by atoms with van der Waals surface area (Å²) < 4.78 is 1.80. The van der Waals surface area contributed by atoms with Gasteiger partial charge in [0.1, 0.15) is 6.33 Å². The average Bonchev–Trinajstić information content (AvgIpc) is 2.46. The smallest absolute Gasteiger partial charge is 0.191 e. The second-order valence-corrected chi connectivity index (χ2v) is 4.13. The molecule has 1 rings (SSSR count). The maximum absolute atomic E-state index is 9.03. The molecule has 0 bridgehead atoms. The van der Waals surface area contributed by atoms with Crippen LogP contribution in [-0.4, -0.2) is 37.8 Å². The van der Waals surface area contributed by atoms with Gasteiger partial charge in [-0.3, -0.25) is 0 Å². The highest BCUT2D eigenvalue weighted by molar-refractivity contribution is 7.99. The Hall–Kier alpha value is -0.590. The lowest BCUT2D eigenvalue weighted by Crippen LogP contribution is -2.32. The molecule has 1 aromatic heterocycles. The standard InChI is InChI=1S/C7H14N4OS/c1-5(8)6(3-12)13-7-10-9-4-11(7)2/h4-6,12H,3,8H2,1-2H3. The molecule has 6 heteroatoms. The molecule has 13 heavy (non-hydrogen) atoms. The Morgan fingerprint density at radius 2 is 2.46 bits per heavy atom. The summed E-state index contributed by atoms with van der Waals surface area (Å²) in [4.78, 5) is 0. The predicted octanol–water partition coefficient (Wildman–Crippen LogP) is -0.385. The van der Waals surface area contributed by atoms with Crippen LogP contribution in [0.2, 0.25) is 0 Å². The normalized spacial score (nSPS) is 15.7. The highest BCUT2D eigenvalue weighted by Gasteiger charge is 2.16. The molecule has 0 amide bonds. The Morgan fingerprint density at radius 1 is 1.77 bits per heavy atom. The van der Waals surface area contributed by atoms with Gasteiger partial charge in [-0.05, 0) is 6.92 Å². The number of aliphatic hydroxyl groups is 1. The van der Waals surface area contributed by atoms with E-state index in [2.05, 4.69) is 10.2 Å². The zero-order valence-electron chi connectivity index (χ0n) is 7.71. The van der Waals surface area contributed by atoms with Gasteiger partial charge in [-0.15, -0.1) is 10.2 Å². The molecule has 0 fully saturated rings. The quantitative estimate of drug-likeness (QED) is 0.651. The molecular weight excluding hydrogens is 188 g/mol. The molecule has 1 aromatic rings. The Labute approximate surface area is 81.3 Å². The van der Waals surface area contributed by atoms with E-state index in [9.17, 15) is 0 Å². The van der Waals surface area contributed by atoms with E-state index in [1.165, 1.54) is 11.8 Å². The molecule has 3 N–H and O–H groups in total. The first-order valence-corrected chi connectivity index (χ1v) is 4.90. The summed E-state index contributed by atoms with van der Waals surface area (Å²) in [6.45, 7) is 1.92. The molecule has 0 spiro atoms. The summed E-state index contributed by atoms with van der Waals surface area (Å²) in [6, 6.07) is -0.0632.